The third-order valence-corrected chi connectivity index (χ3v) is 5.21. The fourth-order valence-electron chi connectivity index (χ4n) is 3.69. The number of carbonyl (C=O) groups excluding carboxylic acids is 2. The SMILES string of the molecule is CCCOc1ccc(/C(O)=C2\C(=O)C(=O)N(c3ccccc3O)C2c2ccncc2)cc1. The van der Waals surface area contributed by atoms with Crippen LogP contribution in [0.1, 0.15) is 30.5 Å². The molecule has 0 spiro atoms. The molecule has 1 unspecified atom stereocenters. The predicted molar refractivity (Wildman–Crippen MR) is 119 cm³/mol. The molecule has 0 bridgehead atoms. The van der Waals surface area contributed by atoms with Crippen molar-refractivity contribution in [2.24, 2.45) is 0 Å². The van der Waals surface area contributed by atoms with Crippen LogP contribution in [0.25, 0.3) is 5.76 Å². The Kier molecular flexibility index (Phi) is 5.89. The van der Waals surface area contributed by atoms with E-state index in [0.717, 1.165) is 6.42 Å². The van der Waals surface area contributed by atoms with Gasteiger partial charge in [0.2, 0.25) is 0 Å². The van der Waals surface area contributed by atoms with Crippen LogP contribution < -0.4 is 9.64 Å². The summed E-state index contributed by atoms with van der Waals surface area (Å²) in [5.41, 5.74) is 1.07. The van der Waals surface area contributed by atoms with E-state index in [4.69, 9.17) is 4.74 Å². The quantitative estimate of drug-likeness (QED) is 0.345. The maximum absolute atomic E-state index is 13.1. The van der Waals surface area contributed by atoms with Crippen molar-refractivity contribution in [3.63, 3.8) is 0 Å². The summed E-state index contributed by atoms with van der Waals surface area (Å²) in [7, 11) is 0. The van der Waals surface area contributed by atoms with E-state index in [1.807, 2.05) is 6.92 Å². The van der Waals surface area contributed by atoms with Gasteiger partial charge in [-0.15, -0.1) is 0 Å². The lowest BCUT2D eigenvalue weighted by atomic mass is 9.95. The van der Waals surface area contributed by atoms with Crippen LogP contribution in [0.2, 0.25) is 0 Å². The summed E-state index contributed by atoms with van der Waals surface area (Å²) in [6.07, 6.45) is 3.95. The zero-order chi connectivity index (χ0) is 22.7. The molecule has 1 aliphatic rings. The summed E-state index contributed by atoms with van der Waals surface area (Å²) < 4.78 is 5.57. The Bertz CT molecular complexity index is 1170. The van der Waals surface area contributed by atoms with Crippen LogP contribution in [0.3, 0.4) is 0 Å². The van der Waals surface area contributed by atoms with Crippen molar-refractivity contribution in [1.82, 2.24) is 4.98 Å². The number of benzene rings is 2. The molecule has 1 atom stereocenters. The number of ketones is 1. The molecular weight excluding hydrogens is 408 g/mol. The number of rotatable bonds is 6. The lowest BCUT2D eigenvalue weighted by Gasteiger charge is -2.25. The van der Waals surface area contributed by atoms with Crippen molar-refractivity contribution >= 4 is 23.1 Å². The topological polar surface area (TPSA) is 100.0 Å². The molecular formula is C25H22N2O5. The highest BCUT2D eigenvalue weighted by molar-refractivity contribution is 6.51. The first-order valence-electron chi connectivity index (χ1n) is 10.2. The first-order chi connectivity index (χ1) is 15.5. The first-order valence-corrected chi connectivity index (χ1v) is 10.2. The molecule has 0 saturated carbocycles. The normalized spacial score (nSPS) is 17.5. The van der Waals surface area contributed by atoms with E-state index < -0.39 is 17.7 Å². The number of hydrogen-bond acceptors (Lipinski definition) is 6. The number of Topliss-reactive ketones (excluding diaryl/α,β-unsaturated/α-hetero) is 1. The van der Waals surface area contributed by atoms with Crippen LogP contribution in [0, 0.1) is 0 Å². The molecule has 162 valence electrons. The molecule has 7 nitrogen and oxygen atoms in total. The highest BCUT2D eigenvalue weighted by atomic mass is 16.5. The number of anilines is 1. The average molecular weight is 430 g/mol. The molecule has 1 aliphatic heterocycles. The van der Waals surface area contributed by atoms with E-state index in [9.17, 15) is 19.8 Å². The smallest absolute Gasteiger partial charge is 0.300 e. The number of nitrogens with zero attached hydrogens (tertiary/aromatic N) is 2. The lowest BCUT2D eigenvalue weighted by molar-refractivity contribution is -0.132. The Labute approximate surface area is 185 Å². The second kappa shape index (κ2) is 8.93. The largest absolute Gasteiger partial charge is 0.507 e. The number of aromatic hydroxyl groups is 1. The van der Waals surface area contributed by atoms with Crippen molar-refractivity contribution in [1.29, 1.82) is 0 Å². The van der Waals surface area contributed by atoms with Crippen molar-refractivity contribution in [2.75, 3.05) is 11.5 Å². The molecule has 0 radical (unpaired) electrons. The van der Waals surface area contributed by atoms with Gasteiger partial charge in [0.1, 0.15) is 17.3 Å². The van der Waals surface area contributed by atoms with Gasteiger partial charge in [-0.05, 0) is 60.5 Å². The summed E-state index contributed by atoms with van der Waals surface area (Å²) in [5.74, 6) is -1.48. The van der Waals surface area contributed by atoms with Gasteiger partial charge in [0.25, 0.3) is 11.7 Å². The first kappa shape index (κ1) is 21.1. The number of aromatic nitrogens is 1. The van der Waals surface area contributed by atoms with Gasteiger partial charge >= 0.3 is 0 Å². The van der Waals surface area contributed by atoms with Gasteiger partial charge in [-0.3, -0.25) is 19.5 Å². The molecule has 32 heavy (non-hydrogen) atoms. The van der Waals surface area contributed by atoms with E-state index in [-0.39, 0.29) is 22.8 Å². The van der Waals surface area contributed by atoms with Crippen molar-refractivity contribution in [3.8, 4) is 11.5 Å². The van der Waals surface area contributed by atoms with Gasteiger partial charge in [-0.2, -0.15) is 0 Å². The van der Waals surface area contributed by atoms with Crippen LogP contribution in [0.4, 0.5) is 5.69 Å². The minimum atomic E-state index is -0.928. The van der Waals surface area contributed by atoms with E-state index in [2.05, 4.69) is 4.98 Å². The standard InChI is InChI=1S/C25H22N2O5/c1-2-15-32-18-9-7-17(8-10-18)23(29)21-22(16-11-13-26-14-12-16)27(25(31)24(21)30)19-5-3-4-6-20(19)28/h3-14,22,28-29H,2,15H2,1H3/b23-21+. The Morgan fingerprint density at radius 3 is 2.38 bits per heavy atom. The summed E-state index contributed by atoms with van der Waals surface area (Å²) >= 11 is 0. The number of amides is 1. The Balaban J connectivity index is 1.85. The van der Waals surface area contributed by atoms with Crippen LogP contribution in [0.15, 0.2) is 78.6 Å². The number of aliphatic hydroxyl groups is 1. The Morgan fingerprint density at radius 1 is 1.03 bits per heavy atom. The van der Waals surface area contributed by atoms with Crippen molar-refractivity contribution < 1.29 is 24.5 Å². The molecule has 0 aliphatic carbocycles. The van der Waals surface area contributed by atoms with Gasteiger partial charge in [-0.1, -0.05) is 19.1 Å². The van der Waals surface area contributed by atoms with E-state index >= 15 is 0 Å². The predicted octanol–water partition coefficient (Wildman–Crippen LogP) is 4.20. The number of pyridine rings is 1. The highest BCUT2D eigenvalue weighted by Crippen LogP contribution is 2.44. The minimum absolute atomic E-state index is 0.0633. The molecule has 7 heteroatoms. The summed E-state index contributed by atoms with van der Waals surface area (Å²) in [6, 6.07) is 15.3. The molecule has 1 amide bonds. The van der Waals surface area contributed by atoms with Gasteiger partial charge in [-0.25, -0.2) is 0 Å². The summed E-state index contributed by atoms with van der Waals surface area (Å²) in [4.78, 5) is 31.3. The molecule has 2 heterocycles. The van der Waals surface area contributed by atoms with Gasteiger partial charge in [0.15, 0.2) is 0 Å². The number of para-hydroxylation sites is 2. The number of phenols is 1. The zero-order valence-electron chi connectivity index (χ0n) is 17.4. The molecule has 2 N–H and O–H groups in total. The third kappa shape index (κ3) is 3.80. The number of ether oxygens (including phenoxy) is 1. The van der Waals surface area contributed by atoms with Crippen LogP contribution in [-0.2, 0) is 9.59 Å². The lowest BCUT2D eigenvalue weighted by Crippen LogP contribution is -2.29. The maximum Gasteiger partial charge on any atom is 0.300 e. The number of carbonyl (C=O) groups is 2. The number of hydrogen-bond donors (Lipinski definition) is 2. The van der Waals surface area contributed by atoms with Crippen LogP contribution >= 0.6 is 0 Å². The fraction of sp³-hybridized carbons (Fsp3) is 0.160. The second-order valence-electron chi connectivity index (χ2n) is 7.31. The minimum Gasteiger partial charge on any atom is -0.507 e. The second-order valence-corrected chi connectivity index (χ2v) is 7.31. The maximum atomic E-state index is 13.1. The molecule has 1 saturated heterocycles. The molecule has 1 fully saturated rings. The van der Waals surface area contributed by atoms with E-state index in [0.29, 0.717) is 23.5 Å². The van der Waals surface area contributed by atoms with E-state index in [1.54, 1.807) is 67.0 Å². The number of aliphatic hydroxyl groups excluding tert-OH is 1. The average Bonchev–Trinajstić information content (AvgIpc) is 3.09. The number of phenolic OH excluding ortho intramolecular Hbond substituents is 1. The molecule has 4 rings (SSSR count). The molecule has 1 aromatic heterocycles. The third-order valence-electron chi connectivity index (χ3n) is 5.21. The van der Waals surface area contributed by atoms with Crippen LogP contribution in [-0.4, -0.2) is 33.5 Å². The zero-order valence-corrected chi connectivity index (χ0v) is 17.4. The molecule has 2 aromatic carbocycles. The monoisotopic (exact) mass is 430 g/mol. The van der Waals surface area contributed by atoms with Gasteiger partial charge < -0.3 is 14.9 Å². The summed E-state index contributed by atoms with van der Waals surface area (Å²) in [5, 5.41) is 21.5. The van der Waals surface area contributed by atoms with Crippen LogP contribution in [0.5, 0.6) is 11.5 Å². The van der Waals surface area contributed by atoms with Gasteiger partial charge in [0, 0.05) is 18.0 Å². The fourth-order valence-corrected chi connectivity index (χ4v) is 3.69. The van der Waals surface area contributed by atoms with E-state index in [1.165, 1.54) is 11.0 Å². The molecule has 3 aromatic rings. The summed E-state index contributed by atoms with van der Waals surface area (Å²) in [6.45, 7) is 2.57. The van der Waals surface area contributed by atoms with Crippen molar-refractivity contribution in [2.45, 2.75) is 19.4 Å². The Morgan fingerprint density at radius 2 is 1.72 bits per heavy atom. The van der Waals surface area contributed by atoms with Gasteiger partial charge in [0.05, 0.1) is 23.9 Å². The highest BCUT2D eigenvalue weighted by Gasteiger charge is 2.47. The van der Waals surface area contributed by atoms with Crippen molar-refractivity contribution in [3.05, 3.63) is 89.8 Å². The Hall–Kier alpha value is -4.13.